The van der Waals surface area contributed by atoms with Crippen molar-refractivity contribution in [2.75, 3.05) is 6.61 Å². The summed E-state index contributed by atoms with van der Waals surface area (Å²) in [4.78, 5) is 12.8. The molecule has 1 aliphatic carbocycles. The third-order valence-electron chi connectivity index (χ3n) is 8.30. The number of carbonyl (C=O) groups is 1. The maximum absolute atomic E-state index is 15.0. The Kier molecular flexibility index (Phi) is 13.5. The minimum absolute atomic E-state index is 0.216. The number of unbranched alkanes of at least 4 members (excludes halogenated alkanes) is 9. The van der Waals surface area contributed by atoms with E-state index in [1.165, 1.54) is 63.9 Å². The summed E-state index contributed by atoms with van der Waals surface area (Å²) in [5.74, 6) is -0.175. The van der Waals surface area contributed by atoms with Crippen LogP contribution in [0.5, 0.6) is 5.75 Å². The van der Waals surface area contributed by atoms with Crippen molar-refractivity contribution in [3.05, 3.63) is 53.8 Å². The summed E-state index contributed by atoms with van der Waals surface area (Å²) >= 11 is 0. The Bertz CT molecular complexity index is 1070. The van der Waals surface area contributed by atoms with Crippen molar-refractivity contribution in [3.63, 3.8) is 0 Å². The van der Waals surface area contributed by atoms with Crippen molar-refractivity contribution in [2.24, 2.45) is 5.41 Å². The van der Waals surface area contributed by atoms with E-state index in [0.717, 1.165) is 43.4 Å². The van der Waals surface area contributed by atoms with Crippen LogP contribution >= 0.6 is 0 Å². The molecule has 1 fully saturated rings. The average Bonchev–Trinajstić information content (AvgIpc) is 2.98. The van der Waals surface area contributed by atoms with Crippen LogP contribution in [-0.2, 0) is 4.74 Å². The second-order valence-corrected chi connectivity index (χ2v) is 11.5. The van der Waals surface area contributed by atoms with E-state index >= 15 is 4.39 Å². The fraction of sp³-hybridized carbons (Fsp3) is 0.600. The van der Waals surface area contributed by atoms with Gasteiger partial charge in [-0.25, -0.2) is 9.18 Å². The average molecular weight is 550 g/mol. The highest BCUT2D eigenvalue weighted by atomic mass is 19.1. The molecule has 5 heteroatoms. The van der Waals surface area contributed by atoms with E-state index < -0.39 is 11.8 Å². The normalized spacial score (nSPS) is 18.7. The maximum atomic E-state index is 15.0. The summed E-state index contributed by atoms with van der Waals surface area (Å²) in [6.07, 6.45) is 16.8. The summed E-state index contributed by atoms with van der Waals surface area (Å²) < 4.78 is 26.6. The standard InChI is InChI=1S/C35H48FNO3/c1-3-5-7-9-11-13-25-39-30-17-14-28(15-18-30)32-19-16-29(26-33(32)36)34(38)40-31-20-23-35(27-37,24-21-31)22-12-10-8-6-4-2/h14-19,26,31H,3-13,20-25H2,1-2H3. The fourth-order valence-electron chi connectivity index (χ4n) is 5.65. The third kappa shape index (κ3) is 9.95. The highest BCUT2D eigenvalue weighted by Crippen LogP contribution is 2.41. The van der Waals surface area contributed by atoms with Crippen LogP contribution in [-0.4, -0.2) is 18.7 Å². The molecular weight excluding hydrogens is 501 g/mol. The molecule has 0 amide bonds. The molecule has 2 aromatic rings. The quantitative estimate of drug-likeness (QED) is 0.145. The molecule has 0 bridgehead atoms. The lowest BCUT2D eigenvalue weighted by Gasteiger charge is -2.34. The third-order valence-corrected chi connectivity index (χ3v) is 8.30. The second kappa shape index (κ2) is 17.1. The summed E-state index contributed by atoms with van der Waals surface area (Å²) in [5.41, 5.74) is 1.10. The van der Waals surface area contributed by atoms with Gasteiger partial charge in [0.2, 0.25) is 0 Å². The number of esters is 1. The zero-order chi connectivity index (χ0) is 28.6. The van der Waals surface area contributed by atoms with E-state index in [-0.39, 0.29) is 17.1 Å². The molecule has 40 heavy (non-hydrogen) atoms. The van der Waals surface area contributed by atoms with Gasteiger partial charge in [0.25, 0.3) is 0 Å². The molecule has 0 heterocycles. The fourth-order valence-corrected chi connectivity index (χ4v) is 5.65. The molecule has 2 aromatic carbocycles. The van der Waals surface area contributed by atoms with E-state index in [0.29, 0.717) is 25.0 Å². The molecule has 1 aliphatic rings. The minimum atomic E-state index is -0.502. The Morgan fingerprint density at radius 1 is 0.900 bits per heavy atom. The molecule has 4 nitrogen and oxygen atoms in total. The number of hydrogen-bond acceptors (Lipinski definition) is 4. The largest absolute Gasteiger partial charge is 0.494 e. The SMILES string of the molecule is CCCCCCCCOc1ccc(-c2ccc(C(=O)OC3CCC(C#N)(CCCCCCC)CC3)cc2F)cc1. The highest BCUT2D eigenvalue weighted by molar-refractivity contribution is 5.90. The molecule has 0 atom stereocenters. The number of halogens is 1. The topological polar surface area (TPSA) is 59.3 Å². The van der Waals surface area contributed by atoms with Gasteiger partial charge >= 0.3 is 5.97 Å². The van der Waals surface area contributed by atoms with E-state index in [2.05, 4.69) is 19.9 Å². The molecule has 3 rings (SSSR count). The van der Waals surface area contributed by atoms with Crippen molar-refractivity contribution in [3.8, 4) is 22.9 Å². The molecule has 0 saturated heterocycles. The monoisotopic (exact) mass is 549 g/mol. The molecule has 0 radical (unpaired) electrons. The Hall–Kier alpha value is -2.87. The van der Waals surface area contributed by atoms with Crippen LogP contribution in [0.25, 0.3) is 11.1 Å². The molecule has 1 saturated carbocycles. The molecule has 0 N–H and O–H groups in total. The Balaban J connectivity index is 1.46. The predicted molar refractivity (Wildman–Crippen MR) is 160 cm³/mol. The van der Waals surface area contributed by atoms with Crippen molar-refractivity contribution in [1.82, 2.24) is 0 Å². The van der Waals surface area contributed by atoms with Gasteiger partial charge in [-0.05, 0) is 68.4 Å². The Morgan fingerprint density at radius 2 is 1.52 bits per heavy atom. The molecule has 0 unspecified atom stereocenters. The van der Waals surface area contributed by atoms with Gasteiger partial charge in [-0.1, -0.05) is 96.3 Å². The lowest BCUT2D eigenvalue weighted by atomic mass is 9.71. The first-order chi connectivity index (χ1) is 19.5. The Morgan fingerprint density at radius 3 is 2.15 bits per heavy atom. The van der Waals surface area contributed by atoms with Gasteiger partial charge in [0.15, 0.2) is 0 Å². The predicted octanol–water partition coefficient (Wildman–Crippen LogP) is 10.2. The molecule has 0 aromatic heterocycles. The highest BCUT2D eigenvalue weighted by Gasteiger charge is 2.36. The number of rotatable bonds is 17. The van der Waals surface area contributed by atoms with Crippen molar-refractivity contribution in [1.29, 1.82) is 5.26 Å². The van der Waals surface area contributed by atoms with Crippen LogP contribution in [0.4, 0.5) is 4.39 Å². The van der Waals surface area contributed by atoms with Crippen LogP contribution in [0, 0.1) is 22.6 Å². The van der Waals surface area contributed by atoms with Gasteiger partial charge in [-0.15, -0.1) is 0 Å². The van der Waals surface area contributed by atoms with Crippen LogP contribution in [0.2, 0.25) is 0 Å². The van der Waals surface area contributed by atoms with E-state index in [9.17, 15) is 10.1 Å². The number of hydrogen-bond donors (Lipinski definition) is 0. The lowest BCUT2D eigenvalue weighted by molar-refractivity contribution is 0.0104. The summed E-state index contributed by atoms with van der Waals surface area (Å²) in [5, 5.41) is 9.83. The van der Waals surface area contributed by atoms with Crippen molar-refractivity contribution < 1.29 is 18.7 Å². The summed E-state index contributed by atoms with van der Waals surface area (Å²) in [6, 6.07) is 14.5. The first kappa shape index (κ1) is 31.7. The molecule has 218 valence electrons. The first-order valence-corrected chi connectivity index (χ1v) is 15.7. The van der Waals surface area contributed by atoms with Gasteiger partial charge in [0, 0.05) is 5.56 Å². The van der Waals surface area contributed by atoms with Gasteiger partial charge in [0.05, 0.1) is 23.7 Å². The number of carbonyl (C=O) groups excluding carboxylic acids is 1. The van der Waals surface area contributed by atoms with E-state index in [1.807, 2.05) is 24.3 Å². The van der Waals surface area contributed by atoms with Crippen molar-refractivity contribution >= 4 is 5.97 Å². The van der Waals surface area contributed by atoms with E-state index in [1.54, 1.807) is 12.1 Å². The molecular formula is C35H48FNO3. The molecule has 0 spiro atoms. The van der Waals surface area contributed by atoms with Crippen LogP contribution in [0.1, 0.15) is 127 Å². The van der Waals surface area contributed by atoms with E-state index in [4.69, 9.17) is 9.47 Å². The zero-order valence-corrected chi connectivity index (χ0v) is 24.7. The second-order valence-electron chi connectivity index (χ2n) is 11.5. The maximum Gasteiger partial charge on any atom is 0.338 e. The van der Waals surface area contributed by atoms with Crippen molar-refractivity contribution in [2.45, 2.75) is 123 Å². The van der Waals surface area contributed by atoms with Gasteiger partial charge in [-0.2, -0.15) is 5.26 Å². The van der Waals surface area contributed by atoms with Crippen LogP contribution < -0.4 is 4.74 Å². The van der Waals surface area contributed by atoms with Crippen LogP contribution in [0.3, 0.4) is 0 Å². The smallest absolute Gasteiger partial charge is 0.338 e. The van der Waals surface area contributed by atoms with Gasteiger partial charge < -0.3 is 9.47 Å². The van der Waals surface area contributed by atoms with Crippen LogP contribution in [0.15, 0.2) is 42.5 Å². The number of nitrogens with zero attached hydrogens (tertiary/aromatic N) is 1. The number of nitriles is 1. The minimum Gasteiger partial charge on any atom is -0.494 e. The number of benzene rings is 2. The zero-order valence-electron chi connectivity index (χ0n) is 24.7. The molecule has 0 aliphatic heterocycles. The number of ether oxygens (including phenoxy) is 2. The van der Waals surface area contributed by atoms with Gasteiger partial charge in [0.1, 0.15) is 17.7 Å². The Labute approximate surface area is 241 Å². The van der Waals surface area contributed by atoms with Gasteiger partial charge in [-0.3, -0.25) is 0 Å². The lowest BCUT2D eigenvalue weighted by Crippen LogP contribution is -2.31. The summed E-state index contributed by atoms with van der Waals surface area (Å²) in [6.45, 7) is 5.11. The summed E-state index contributed by atoms with van der Waals surface area (Å²) in [7, 11) is 0. The first-order valence-electron chi connectivity index (χ1n) is 15.7.